The van der Waals surface area contributed by atoms with E-state index < -0.39 is 0 Å². The molecule has 1 aromatic rings. The Labute approximate surface area is 122 Å². The highest BCUT2D eigenvalue weighted by Crippen LogP contribution is 2.17. The normalized spacial score (nSPS) is 19.9. The van der Waals surface area contributed by atoms with Crippen molar-refractivity contribution in [2.75, 3.05) is 46.9 Å². The van der Waals surface area contributed by atoms with Gasteiger partial charge >= 0.3 is 0 Å². The zero-order valence-electron chi connectivity index (χ0n) is 12.9. The highest BCUT2D eigenvalue weighted by molar-refractivity contribution is 5.04. The van der Waals surface area contributed by atoms with Crippen molar-refractivity contribution in [3.8, 4) is 0 Å². The van der Waals surface area contributed by atoms with E-state index in [1.54, 1.807) is 7.11 Å². The van der Waals surface area contributed by atoms with Crippen LogP contribution in [0.1, 0.15) is 17.8 Å². The SMILES string of the molecule is COCCN1CCC(CN(C)Cc2cnc(C)nc2)C1. The van der Waals surface area contributed by atoms with Gasteiger partial charge in [-0.15, -0.1) is 0 Å². The van der Waals surface area contributed by atoms with E-state index in [0.29, 0.717) is 0 Å². The fourth-order valence-corrected chi connectivity index (χ4v) is 2.80. The zero-order chi connectivity index (χ0) is 14.4. The summed E-state index contributed by atoms with van der Waals surface area (Å²) in [6.45, 7) is 8.27. The Kier molecular flexibility index (Phi) is 5.88. The monoisotopic (exact) mass is 278 g/mol. The smallest absolute Gasteiger partial charge is 0.125 e. The molecule has 1 saturated heterocycles. The first-order chi connectivity index (χ1) is 9.67. The number of hydrogen-bond acceptors (Lipinski definition) is 5. The molecule has 20 heavy (non-hydrogen) atoms. The Bertz CT molecular complexity index is 395. The third-order valence-electron chi connectivity index (χ3n) is 3.84. The summed E-state index contributed by atoms with van der Waals surface area (Å²) in [5.41, 5.74) is 1.19. The van der Waals surface area contributed by atoms with Crippen LogP contribution in [0, 0.1) is 12.8 Å². The van der Waals surface area contributed by atoms with Gasteiger partial charge in [0.25, 0.3) is 0 Å². The van der Waals surface area contributed by atoms with Crippen LogP contribution in [0.5, 0.6) is 0 Å². The molecule has 1 aromatic heterocycles. The van der Waals surface area contributed by atoms with E-state index in [0.717, 1.165) is 38.0 Å². The minimum Gasteiger partial charge on any atom is -0.383 e. The number of nitrogens with zero attached hydrogens (tertiary/aromatic N) is 4. The molecule has 112 valence electrons. The van der Waals surface area contributed by atoms with Crippen molar-refractivity contribution in [1.82, 2.24) is 19.8 Å². The molecular formula is C15H26N4O. The van der Waals surface area contributed by atoms with Crippen LogP contribution in [-0.4, -0.2) is 66.7 Å². The molecule has 5 nitrogen and oxygen atoms in total. The number of rotatable bonds is 7. The van der Waals surface area contributed by atoms with Gasteiger partial charge in [0, 0.05) is 51.2 Å². The van der Waals surface area contributed by atoms with Crippen LogP contribution < -0.4 is 0 Å². The van der Waals surface area contributed by atoms with E-state index in [4.69, 9.17) is 4.74 Å². The van der Waals surface area contributed by atoms with Gasteiger partial charge in [-0.25, -0.2) is 9.97 Å². The summed E-state index contributed by atoms with van der Waals surface area (Å²) in [7, 11) is 3.95. The van der Waals surface area contributed by atoms with Crippen LogP contribution in [0.2, 0.25) is 0 Å². The van der Waals surface area contributed by atoms with E-state index >= 15 is 0 Å². The van der Waals surface area contributed by atoms with Crippen molar-refractivity contribution in [1.29, 1.82) is 0 Å². The molecule has 0 N–H and O–H groups in total. The summed E-state index contributed by atoms with van der Waals surface area (Å²) < 4.78 is 5.14. The zero-order valence-corrected chi connectivity index (χ0v) is 12.9. The number of methoxy groups -OCH3 is 1. The Hall–Kier alpha value is -1.04. The number of aromatic nitrogens is 2. The molecule has 1 aliphatic rings. The van der Waals surface area contributed by atoms with E-state index in [2.05, 4.69) is 26.8 Å². The molecule has 0 bridgehead atoms. The molecule has 1 unspecified atom stereocenters. The van der Waals surface area contributed by atoms with Gasteiger partial charge in [-0.3, -0.25) is 0 Å². The number of aryl methyl sites for hydroxylation is 1. The molecule has 0 aliphatic carbocycles. The van der Waals surface area contributed by atoms with Gasteiger partial charge in [0.15, 0.2) is 0 Å². The van der Waals surface area contributed by atoms with Crippen LogP contribution >= 0.6 is 0 Å². The van der Waals surface area contributed by atoms with E-state index in [-0.39, 0.29) is 0 Å². The van der Waals surface area contributed by atoms with Crippen LogP contribution in [0.25, 0.3) is 0 Å². The van der Waals surface area contributed by atoms with Gasteiger partial charge in [-0.2, -0.15) is 0 Å². The molecule has 1 fully saturated rings. The maximum atomic E-state index is 5.14. The first-order valence-corrected chi connectivity index (χ1v) is 7.34. The second kappa shape index (κ2) is 7.67. The summed E-state index contributed by atoms with van der Waals surface area (Å²) in [5.74, 6) is 1.60. The van der Waals surface area contributed by atoms with E-state index in [9.17, 15) is 0 Å². The topological polar surface area (TPSA) is 41.5 Å². The predicted molar refractivity (Wildman–Crippen MR) is 79.5 cm³/mol. The highest BCUT2D eigenvalue weighted by Gasteiger charge is 2.23. The second-order valence-electron chi connectivity index (χ2n) is 5.78. The van der Waals surface area contributed by atoms with Crippen molar-refractivity contribution in [2.45, 2.75) is 19.9 Å². The van der Waals surface area contributed by atoms with Crippen molar-refractivity contribution in [3.05, 3.63) is 23.8 Å². The predicted octanol–water partition coefficient (Wildman–Crippen LogP) is 1.19. The lowest BCUT2D eigenvalue weighted by Crippen LogP contribution is -2.29. The molecule has 0 amide bonds. The number of hydrogen-bond donors (Lipinski definition) is 0. The van der Waals surface area contributed by atoms with Gasteiger partial charge in [0.05, 0.1) is 6.61 Å². The third-order valence-corrected chi connectivity index (χ3v) is 3.84. The molecule has 0 radical (unpaired) electrons. The summed E-state index contributed by atoms with van der Waals surface area (Å²) >= 11 is 0. The Balaban J connectivity index is 1.72. The van der Waals surface area contributed by atoms with Crippen LogP contribution in [0.3, 0.4) is 0 Å². The Morgan fingerprint density at radius 1 is 1.40 bits per heavy atom. The van der Waals surface area contributed by atoms with Gasteiger partial charge in [-0.1, -0.05) is 0 Å². The molecule has 1 atom stereocenters. The fourth-order valence-electron chi connectivity index (χ4n) is 2.80. The van der Waals surface area contributed by atoms with Crippen molar-refractivity contribution in [2.24, 2.45) is 5.92 Å². The summed E-state index contributed by atoms with van der Waals surface area (Å²) in [5, 5.41) is 0. The van der Waals surface area contributed by atoms with Crippen molar-refractivity contribution >= 4 is 0 Å². The minimum atomic E-state index is 0.767. The highest BCUT2D eigenvalue weighted by atomic mass is 16.5. The third kappa shape index (κ3) is 4.81. The largest absolute Gasteiger partial charge is 0.383 e. The molecule has 0 spiro atoms. The summed E-state index contributed by atoms with van der Waals surface area (Å²) in [4.78, 5) is 13.4. The Morgan fingerprint density at radius 2 is 2.15 bits per heavy atom. The molecule has 1 aliphatic heterocycles. The van der Waals surface area contributed by atoms with E-state index in [1.807, 2.05) is 19.3 Å². The maximum Gasteiger partial charge on any atom is 0.125 e. The summed E-state index contributed by atoms with van der Waals surface area (Å²) in [6.07, 6.45) is 5.15. The maximum absolute atomic E-state index is 5.14. The lowest BCUT2D eigenvalue weighted by molar-refractivity contribution is 0.157. The van der Waals surface area contributed by atoms with Crippen LogP contribution in [-0.2, 0) is 11.3 Å². The standard InChI is InChI=1S/C15H26N4O/c1-13-16-8-15(9-17-13)11-18(2)10-14-4-5-19(12-14)6-7-20-3/h8-9,14H,4-7,10-12H2,1-3H3. The lowest BCUT2D eigenvalue weighted by Gasteiger charge is -2.21. The molecule has 0 saturated carbocycles. The van der Waals surface area contributed by atoms with Gasteiger partial charge in [0.2, 0.25) is 0 Å². The average molecular weight is 278 g/mol. The van der Waals surface area contributed by atoms with Gasteiger partial charge in [0.1, 0.15) is 5.82 Å². The molecular weight excluding hydrogens is 252 g/mol. The van der Waals surface area contributed by atoms with Crippen LogP contribution in [0.4, 0.5) is 0 Å². The van der Waals surface area contributed by atoms with Gasteiger partial charge in [-0.05, 0) is 32.9 Å². The lowest BCUT2D eigenvalue weighted by atomic mass is 10.1. The minimum absolute atomic E-state index is 0.767. The number of ether oxygens (including phenoxy) is 1. The first-order valence-electron chi connectivity index (χ1n) is 7.34. The summed E-state index contributed by atoms with van der Waals surface area (Å²) in [6, 6.07) is 0. The fraction of sp³-hybridized carbons (Fsp3) is 0.733. The molecule has 0 aromatic carbocycles. The van der Waals surface area contributed by atoms with Crippen LogP contribution in [0.15, 0.2) is 12.4 Å². The molecule has 2 heterocycles. The first kappa shape index (κ1) is 15.4. The Morgan fingerprint density at radius 3 is 2.85 bits per heavy atom. The van der Waals surface area contributed by atoms with Gasteiger partial charge < -0.3 is 14.5 Å². The quantitative estimate of drug-likeness (QED) is 0.749. The molecule has 5 heteroatoms. The van der Waals surface area contributed by atoms with E-state index in [1.165, 1.54) is 25.1 Å². The average Bonchev–Trinajstić information content (AvgIpc) is 2.86. The van der Waals surface area contributed by atoms with Crippen molar-refractivity contribution < 1.29 is 4.74 Å². The number of likely N-dealkylation sites (tertiary alicyclic amines) is 1. The second-order valence-corrected chi connectivity index (χ2v) is 5.78. The van der Waals surface area contributed by atoms with Crippen molar-refractivity contribution in [3.63, 3.8) is 0 Å². The molecule has 2 rings (SSSR count).